The fourth-order valence-electron chi connectivity index (χ4n) is 4.11. The molecule has 2 saturated heterocycles. The van der Waals surface area contributed by atoms with Gasteiger partial charge in [0.25, 0.3) is 11.5 Å². The summed E-state index contributed by atoms with van der Waals surface area (Å²) in [7, 11) is 0. The lowest BCUT2D eigenvalue weighted by atomic mass is 10.1. The summed E-state index contributed by atoms with van der Waals surface area (Å²) in [4.78, 5) is 41.3. The molecule has 1 amide bonds. The van der Waals surface area contributed by atoms with Gasteiger partial charge in [-0.05, 0) is 31.0 Å². The molecule has 4 rings (SSSR count). The molecule has 0 saturated carbocycles. The van der Waals surface area contributed by atoms with Gasteiger partial charge in [-0.2, -0.15) is 0 Å². The number of hydrogen-bond acceptors (Lipinski definition) is 7. The van der Waals surface area contributed by atoms with Gasteiger partial charge in [-0.15, -0.1) is 0 Å². The van der Waals surface area contributed by atoms with E-state index in [1.807, 2.05) is 13.0 Å². The number of ether oxygens (including phenoxy) is 1. The third-order valence-electron chi connectivity index (χ3n) is 5.97. The Kier molecular flexibility index (Phi) is 6.93. The zero-order chi connectivity index (χ0) is 21.6. The predicted molar refractivity (Wildman–Crippen MR) is 117 cm³/mol. The van der Waals surface area contributed by atoms with Crippen LogP contribution in [0.1, 0.15) is 22.3 Å². The molecule has 9 heteroatoms. The van der Waals surface area contributed by atoms with E-state index in [0.29, 0.717) is 32.1 Å². The van der Waals surface area contributed by atoms with Gasteiger partial charge in [-0.3, -0.25) is 14.5 Å². The molecule has 2 aromatic heterocycles. The first-order chi connectivity index (χ1) is 15.1. The Morgan fingerprint density at radius 1 is 1.03 bits per heavy atom. The lowest BCUT2D eigenvalue weighted by molar-refractivity contribution is 0.0362. The molecule has 0 spiro atoms. The number of hydrogen-bond donors (Lipinski definition) is 0. The molecule has 166 valence electrons. The SMILES string of the molecule is Cc1ccn(CCN2CCOCC2)c(=O)c1C(=O)N1CCCN(c2ncccn2)CC1. The highest BCUT2D eigenvalue weighted by Crippen LogP contribution is 2.13. The van der Waals surface area contributed by atoms with Crippen LogP contribution in [0.15, 0.2) is 35.5 Å². The summed E-state index contributed by atoms with van der Waals surface area (Å²) in [6.45, 7) is 8.97. The number of carbonyl (C=O) groups is 1. The lowest BCUT2D eigenvalue weighted by Crippen LogP contribution is -2.42. The van der Waals surface area contributed by atoms with E-state index in [2.05, 4.69) is 19.8 Å². The Morgan fingerprint density at radius 3 is 2.58 bits per heavy atom. The summed E-state index contributed by atoms with van der Waals surface area (Å²) < 4.78 is 7.05. The molecule has 4 heterocycles. The molecule has 0 radical (unpaired) electrons. The average Bonchev–Trinajstić information content (AvgIpc) is 3.06. The second-order valence-corrected chi connectivity index (χ2v) is 8.01. The van der Waals surface area contributed by atoms with E-state index in [1.165, 1.54) is 0 Å². The Labute approximate surface area is 182 Å². The maximum atomic E-state index is 13.3. The third-order valence-corrected chi connectivity index (χ3v) is 5.97. The minimum absolute atomic E-state index is 0.181. The Morgan fingerprint density at radius 2 is 1.81 bits per heavy atom. The van der Waals surface area contributed by atoms with E-state index < -0.39 is 0 Å². The molecule has 0 aliphatic carbocycles. The molecule has 0 atom stereocenters. The maximum absolute atomic E-state index is 13.3. The van der Waals surface area contributed by atoms with Crippen molar-refractivity contribution in [1.29, 1.82) is 0 Å². The zero-order valence-electron chi connectivity index (χ0n) is 18.1. The molecule has 0 unspecified atom stereocenters. The first-order valence-electron chi connectivity index (χ1n) is 10.9. The topological polar surface area (TPSA) is 83.8 Å². The second kappa shape index (κ2) is 10.0. The number of rotatable bonds is 5. The van der Waals surface area contributed by atoms with Crippen LogP contribution in [-0.4, -0.2) is 89.3 Å². The Hall–Kier alpha value is -2.78. The van der Waals surface area contributed by atoms with Crippen molar-refractivity contribution in [2.24, 2.45) is 0 Å². The van der Waals surface area contributed by atoms with E-state index in [1.54, 1.807) is 34.1 Å². The van der Waals surface area contributed by atoms with Gasteiger partial charge in [0.15, 0.2) is 0 Å². The highest BCUT2D eigenvalue weighted by molar-refractivity contribution is 5.95. The summed E-state index contributed by atoms with van der Waals surface area (Å²) in [6, 6.07) is 3.66. The molecule has 31 heavy (non-hydrogen) atoms. The number of aryl methyl sites for hydroxylation is 1. The van der Waals surface area contributed by atoms with E-state index in [9.17, 15) is 9.59 Å². The van der Waals surface area contributed by atoms with E-state index in [4.69, 9.17) is 4.74 Å². The van der Waals surface area contributed by atoms with Gasteiger partial charge in [-0.25, -0.2) is 9.97 Å². The van der Waals surface area contributed by atoms with Crippen LogP contribution in [0, 0.1) is 6.92 Å². The first-order valence-corrected chi connectivity index (χ1v) is 10.9. The predicted octanol–water partition coefficient (Wildman–Crippen LogP) is 0.631. The number of nitrogens with zero attached hydrogens (tertiary/aromatic N) is 6. The Balaban J connectivity index is 1.45. The highest BCUT2D eigenvalue weighted by atomic mass is 16.5. The Bertz CT molecular complexity index is 942. The minimum Gasteiger partial charge on any atom is -0.379 e. The van der Waals surface area contributed by atoms with Crippen LogP contribution >= 0.6 is 0 Å². The van der Waals surface area contributed by atoms with Crippen LogP contribution < -0.4 is 10.5 Å². The van der Waals surface area contributed by atoms with Crippen molar-refractivity contribution in [2.75, 3.05) is 63.9 Å². The standard InChI is InChI=1S/C22H30N6O3/c1-18-4-9-27(11-10-25-14-16-31-17-15-25)21(30)19(18)20(29)26-7-3-8-28(13-12-26)22-23-5-2-6-24-22/h2,4-6,9H,3,7-8,10-17H2,1H3. The van der Waals surface area contributed by atoms with E-state index in [0.717, 1.165) is 51.4 Å². The van der Waals surface area contributed by atoms with Crippen molar-refractivity contribution in [3.63, 3.8) is 0 Å². The fraction of sp³-hybridized carbons (Fsp3) is 0.545. The van der Waals surface area contributed by atoms with Crippen LogP contribution in [-0.2, 0) is 11.3 Å². The molecule has 2 aromatic rings. The van der Waals surface area contributed by atoms with Gasteiger partial charge in [0.05, 0.1) is 13.2 Å². The number of pyridine rings is 1. The average molecular weight is 427 g/mol. The fourth-order valence-corrected chi connectivity index (χ4v) is 4.11. The maximum Gasteiger partial charge on any atom is 0.263 e. The third kappa shape index (κ3) is 5.11. The highest BCUT2D eigenvalue weighted by Gasteiger charge is 2.25. The van der Waals surface area contributed by atoms with Crippen LogP contribution in [0.25, 0.3) is 0 Å². The van der Waals surface area contributed by atoms with Crippen LogP contribution in [0.5, 0.6) is 0 Å². The van der Waals surface area contributed by atoms with Gasteiger partial charge in [0.1, 0.15) is 5.56 Å². The van der Waals surface area contributed by atoms with Gasteiger partial charge in [0.2, 0.25) is 5.95 Å². The van der Waals surface area contributed by atoms with Gasteiger partial charge >= 0.3 is 0 Å². The molecule has 2 fully saturated rings. The van der Waals surface area contributed by atoms with Gasteiger partial charge in [0, 0.05) is 70.9 Å². The van der Waals surface area contributed by atoms with Crippen molar-refractivity contribution in [3.8, 4) is 0 Å². The van der Waals surface area contributed by atoms with E-state index in [-0.39, 0.29) is 17.0 Å². The summed E-state index contributed by atoms with van der Waals surface area (Å²) >= 11 is 0. The second-order valence-electron chi connectivity index (χ2n) is 8.01. The van der Waals surface area contributed by atoms with Crippen molar-refractivity contribution in [3.05, 3.63) is 52.2 Å². The van der Waals surface area contributed by atoms with Crippen molar-refractivity contribution in [2.45, 2.75) is 19.9 Å². The molecule has 0 aromatic carbocycles. The van der Waals surface area contributed by atoms with Gasteiger partial charge < -0.3 is 19.1 Å². The minimum atomic E-state index is -0.203. The van der Waals surface area contributed by atoms with Crippen molar-refractivity contribution < 1.29 is 9.53 Å². The molecular weight excluding hydrogens is 396 g/mol. The van der Waals surface area contributed by atoms with Crippen LogP contribution in [0.3, 0.4) is 0 Å². The number of anilines is 1. The molecule has 0 N–H and O–H groups in total. The normalized spacial score (nSPS) is 18.1. The largest absolute Gasteiger partial charge is 0.379 e. The van der Waals surface area contributed by atoms with Crippen molar-refractivity contribution >= 4 is 11.9 Å². The molecule has 2 aliphatic heterocycles. The number of morpholine rings is 1. The zero-order valence-corrected chi connectivity index (χ0v) is 18.1. The summed E-state index contributed by atoms with van der Waals surface area (Å²) in [5.41, 5.74) is 0.810. The number of carbonyl (C=O) groups excluding carboxylic acids is 1. The first kappa shape index (κ1) is 21.5. The van der Waals surface area contributed by atoms with Crippen LogP contribution in [0.4, 0.5) is 5.95 Å². The van der Waals surface area contributed by atoms with Crippen LogP contribution in [0.2, 0.25) is 0 Å². The van der Waals surface area contributed by atoms with Gasteiger partial charge in [-0.1, -0.05) is 0 Å². The lowest BCUT2D eigenvalue weighted by Gasteiger charge is -2.27. The molecule has 2 aliphatic rings. The summed E-state index contributed by atoms with van der Waals surface area (Å²) in [5, 5.41) is 0. The summed E-state index contributed by atoms with van der Waals surface area (Å²) in [5.74, 6) is 0.497. The molecule has 9 nitrogen and oxygen atoms in total. The van der Waals surface area contributed by atoms with E-state index >= 15 is 0 Å². The number of amides is 1. The number of aromatic nitrogens is 3. The van der Waals surface area contributed by atoms with Crippen molar-refractivity contribution in [1.82, 2.24) is 24.3 Å². The molecular formula is C22H30N6O3. The molecule has 0 bridgehead atoms. The monoisotopic (exact) mass is 426 g/mol. The smallest absolute Gasteiger partial charge is 0.263 e. The quantitative estimate of drug-likeness (QED) is 0.693. The summed E-state index contributed by atoms with van der Waals surface area (Å²) in [6.07, 6.45) is 6.05.